The maximum absolute atomic E-state index is 10.4. The van der Waals surface area contributed by atoms with Crippen LogP contribution in [0.4, 0.5) is 0 Å². The second-order valence-electron chi connectivity index (χ2n) is 2.76. The topological polar surface area (TPSA) is 63.3 Å². The van der Waals surface area contributed by atoms with E-state index in [1.165, 1.54) is 0 Å². The summed E-state index contributed by atoms with van der Waals surface area (Å²) < 4.78 is 0. The third kappa shape index (κ3) is 4.62. The largest absolute Gasteiger partial charge is 0.478 e. The molecule has 0 aromatic heterocycles. The number of carboxylic acid groups (broad SMARTS) is 1. The number of aromatic carboxylic acids is 1. The summed E-state index contributed by atoms with van der Waals surface area (Å²) in [7, 11) is 0. The van der Waals surface area contributed by atoms with Gasteiger partial charge < -0.3 is 10.8 Å². The lowest BCUT2D eigenvalue weighted by Gasteiger charge is -1.96. The molecule has 0 saturated carbocycles. The third-order valence-corrected chi connectivity index (χ3v) is 1.61. The Morgan fingerprint density at radius 1 is 1.29 bits per heavy atom. The summed E-state index contributed by atoms with van der Waals surface area (Å²) >= 11 is 0. The van der Waals surface area contributed by atoms with Crippen LogP contribution in [0.25, 0.3) is 0 Å². The number of rotatable bonds is 2. The molecule has 14 heavy (non-hydrogen) atoms. The van der Waals surface area contributed by atoms with Gasteiger partial charge in [0.05, 0.1) is 5.56 Å². The summed E-state index contributed by atoms with van der Waals surface area (Å²) in [6.45, 7) is 4.69. The van der Waals surface area contributed by atoms with Gasteiger partial charge >= 0.3 is 5.97 Å². The van der Waals surface area contributed by atoms with Crippen molar-refractivity contribution < 1.29 is 9.90 Å². The molecule has 3 nitrogen and oxygen atoms in total. The average Bonchev–Trinajstić information content (AvgIpc) is 2.19. The minimum Gasteiger partial charge on any atom is -0.478 e. The summed E-state index contributed by atoms with van der Waals surface area (Å²) in [5, 5.41) is 8.55. The van der Waals surface area contributed by atoms with Gasteiger partial charge in [0.2, 0.25) is 0 Å². The summed E-state index contributed by atoms with van der Waals surface area (Å²) in [4.78, 5) is 10.4. The van der Waals surface area contributed by atoms with Crippen LogP contribution in [0.15, 0.2) is 24.3 Å². The van der Waals surface area contributed by atoms with Crippen molar-refractivity contribution in [1.29, 1.82) is 0 Å². The van der Waals surface area contributed by atoms with Crippen molar-refractivity contribution in [3.63, 3.8) is 0 Å². The lowest BCUT2D eigenvalue weighted by Crippen LogP contribution is -1.95. The van der Waals surface area contributed by atoms with E-state index in [1.807, 2.05) is 26.0 Å². The van der Waals surface area contributed by atoms with Gasteiger partial charge in [0.15, 0.2) is 0 Å². The van der Waals surface area contributed by atoms with E-state index in [2.05, 4.69) is 0 Å². The molecule has 0 aliphatic rings. The lowest BCUT2D eigenvalue weighted by molar-refractivity contribution is 0.0697. The second-order valence-corrected chi connectivity index (χ2v) is 2.76. The molecular formula is C11H17NO2. The van der Waals surface area contributed by atoms with E-state index in [4.69, 9.17) is 10.8 Å². The molecule has 1 aromatic carbocycles. The normalized spacial score (nSPS) is 8.79. The Labute approximate surface area is 84.6 Å². The SMILES string of the molecule is CCN.CCc1ccc(C(=O)O)cc1. The predicted octanol–water partition coefficient (Wildman–Crippen LogP) is 1.91. The van der Waals surface area contributed by atoms with Gasteiger partial charge in [-0.2, -0.15) is 0 Å². The van der Waals surface area contributed by atoms with E-state index in [-0.39, 0.29) is 0 Å². The van der Waals surface area contributed by atoms with Crippen LogP contribution in [-0.4, -0.2) is 17.6 Å². The molecule has 0 bridgehead atoms. The van der Waals surface area contributed by atoms with Crippen molar-refractivity contribution in [3.8, 4) is 0 Å². The summed E-state index contributed by atoms with van der Waals surface area (Å²) in [6.07, 6.45) is 0.944. The van der Waals surface area contributed by atoms with Crippen LogP contribution < -0.4 is 5.73 Å². The van der Waals surface area contributed by atoms with E-state index in [0.29, 0.717) is 5.56 Å². The Kier molecular flexibility index (Phi) is 6.41. The number of hydrogen-bond donors (Lipinski definition) is 2. The molecule has 78 valence electrons. The monoisotopic (exact) mass is 195 g/mol. The maximum atomic E-state index is 10.4. The van der Waals surface area contributed by atoms with Crippen LogP contribution in [0.2, 0.25) is 0 Å². The van der Waals surface area contributed by atoms with Crippen molar-refractivity contribution >= 4 is 5.97 Å². The smallest absolute Gasteiger partial charge is 0.335 e. The second kappa shape index (κ2) is 7.09. The van der Waals surface area contributed by atoms with Crippen molar-refractivity contribution in [3.05, 3.63) is 35.4 Å². The van der Waals surface area contributed by atoms with Crippen LogP contribution in [0.5, 0.6) is 0 Å². The molecule has 0 atom stereocenters. The molecule has 0 fully saturated rings. The van der Waals surface area contributed by atoms with Crippen molar-refractivity contribution in [1.82, 2.24) is 0 Å². The lowest BCUT2D eigenvalue weighted by atomic mass is 10.1. The number of carbonyl (C=O) groups is 1. The number of hydrogen-bond acceptors (Lipinski definition) is 2. The minimum absolute atomic E-state index is 0.349. The molecule has 0 radical (unpaired) electrons. The van der Waals surface area contributed by atoms with Crippen LogP contribution in [0, 0.1) is 0 Å². The molecule has 1 rings (SSSR count). The fourth-order valence-electron chi connectivity index (χ4n) is 0.883. The van der Waals surface area contributed by atoms with E-state index in [9.17, 15) is 4.79 Å². The first-order chi connectivity index (χ1) is 6.65. The summed E-state index contributed by atoms with van der Waals surface area (Å²) in [5.41, 5.74) is 6.36. The van der Waals surface area contributed by atoms with Crippen LogP contribution in [0.1, 0.15) is 29.8 Å². The molecule has 0 aliphatic heterocycles. The first-order valence-corrected chi connectivity index (χ1v) is 4.68. The number of benzene rings is 1. The van der Waals surface area contributed by atoms with Gasteiger partial charge in [0.25, 0.3) is 0 Å². The quantitative estimate of drug-likeness (QED) is 0.757. The Balaban J connectivity index is 0.000000500. The van der Waals surface area contributed by atoms with Gasteiger partial charge in [-0.25, -0.2) is 4.79 Å². The average molecular weight is 195 g/mol. The summed E-state index contributed by atoms with van der Waals surface area (Å²) in [5.74, 6) is -0.868. The Morgan fingerprint density at radius 3 is 2.00 bits per heavy atom. The highest BCUT2D eigenvalue weighted by Crippen LogP contribution is 2.04. The van der Waals surface area contributed by atoms with Gasteiger partial charge in [-0.1, -0.05) is 26.0 Å². The molecule has 0 amide bonds. The molecule has 0 unspecified atom stereocenters. The van der Waals surface area contributed by atoms with Gasteiger partial charge in [-0.15, -0.1) is 0 Å². The highest BCUT2D eigenvalue weighted by atomic mass is 16.4. The van der Waals surface area contributed by atoms with E-state index >= 15 is 0 Å². The van der Waals surface area contributed by atoms with E-state index in [0.717, 1.165) is 18.5 Å². The Morgan fingerprint density at radius 2 is 1.71 bits per heavy atom. The van der Waals surface area contributed by atoms with Crippen molar-refractivity contribution in [2.75, 3.05) is 6.54 Å². The van der Waals surface area contributed by atoms with Gasteiger partial charge in [0, 0.05) is 0 Å². The highest BCUT2D eigenvalue weighted by molar-refractivity contribution is 5.87. The minimum atomic E-state index is -0.868. The molecule has 3 N–H and O–H groups in total. The molecule has 0 spiro atoms. The zero-order valence-corrected chi connectivity index (χ0v) is 8.66. The standard InChI is InChI=1S/C9H10O2.C2H7N/c1-2-7-3-5-8(6-4-7)9(10)11;1-2-3/h3-6H,2H2,1H3,(H,10,11);2-3H2,1H3. The number of carboxylic acids is 1. The summed E-state index contributed by atoms with van der Waals surface area (Å²) in [6, 6.07) is 6.93. The number of nitrogens with two attached hydrogens (primary N) is 1. The molecule has 0 saturated heterocycles. The van der Waals surface area contributed by atoms with E-state index in [1.54, 1.807) is 12.1 Å². The molecule has 0 aliphatic carbocycles. The first-order valence-electron chi connectivity index (χ1n) is 4.68. The first kappa shape index (κ1) is 12.7. The predicted molar refractivity (Wildman–Crippen MR) is 57.5 cm³/mol. The van der Waals surface area contributed by atoms with Crippen LogP contribution >= 0.6 is 0 Å². The molecule has 0 heterocycles. The van der Waals surface area contributed by atoms with Gasteiger partial charge in [-0.3, -0.25) is 0 Å². The fraction of sp³-hybridized carbons (Fsp3) is 0.364. The molecule has 3 heteroatoms. The van der Waals surface area contributed by atoms with Crippen molar-refractivity contribution in [2.24, 2.45) is 5.73 Å². The Hall–Kier alpha value is -1.35. The van der Waals surface area contributed by atoms with Gasteiger partial charge in [0.1, 0.15) is 0 Å². The molecular weight excluding hydrogens is 178 g/mol. The van der Waals surface area contributed by atoms with Crippen LogP contribution in [-0.2, 0) is 6.42 Å². The van der Waals surface area contributed by atoms with E-state index < -0.39 is 5.97 Å². The fourth-order valence-corrected chi connectivity index (χ4v) is 0.883. The van der Waals surface area contributed by atoms with Crippen molar-refractivity contribution in [2.45, 2.75) is 20.3 Å². The maximum Gasteiger partial charge on any atom is 0.335 e. The van der Waals surface area contributed by atoms with Gasteiger partial charge in [-0.05, 0) is 30.7 Å². The highest BCUT2D eigenvalue weighted by Gasteiger charge is 1.99. The zero-order valence-electron chi connectivity index (χ0n) is 8.66. The third-order valence-electron chi connectivity index (χ3n) is 1.61. The number of aryl methyl sites for hydroxylation is 1. The molecule has 1 aromatic rings. The van der Waals surface area contributed by atoms with Crippen LogP contribution in [0.3, 0.4) is 0 Å². The zero-order chi connectivity index (χ0) is 11.0. The Bertz CT molecular complexity index is 267.